The molecule has 2 unspecified atom stereocenters. The zero-order valence-electron chi connectivity index (χ0n) is 13.1. The third-order valence-electron chi connectivity index (χ3n) is 5.20. The molecule has 0 radical (unpaired) electrons. The summed E-state index contributed by atoms with van der Waals surface area (Å²) >= 11 is 0. The molecule has 0 bridgehead atoms. The van der Waals surface area contributed by atoms with Gasteiger partial charge in [0.25, 0.3) is 0 Å². The maximum Gasteiger partial charge on any atom is 0.249 e. The van der Waals surface area contributed by atoms with Crippen LogP contribution in [0.4, 0.5) is 0 Å². The Kier molecular flexibility index (Phi) is 3.95. The van der Waals surface area contributed by atoms with Gasteiger partial charge in [-0.15, -0.1) is 0 Å². The Morgan fingerprint density at radius 1 is 1.33 bits per heavy atom. The van der Waals surface area contributed by atoms with Crippen LogP contribution in [0.5, 0.6) is 0 Å². The Hall–Kier alpha value is -1.10. The van der Waals surface area contributed by atoms with Crippen molar-refractivity contribution in [2.75, 3.05) is 19.8 Å². The van der Waals surface area contributed by atoms with Crippen molar-refractivity contribution in [2.24, 2.45) is 11.8 Å². The molecule has 21 heavy (non-hydrogen) atoms. The molecule has 3 fully saturated rings. The molecule has 0 aromatic carbocycles. The van der Waals surface area contributed by atoms with Crippen LogP contribution in [0.25, 0.3) is 0 Å². The molecule has 0 aromatic rings. The Morgan fingerprint density at radius 3 is 2.62 bits per heavy atom. The van der Waals surface area contributed by atoms with Crippen LogP contribution in [-0.4, -0.2) is 48.1 Å². The first-order valence-corrected chi connectivity index (χ1v) is 8.24. The van der Waals surface area contributed by atoms with Crippen LogP contribution < -0.4 is 5.32 Å². The largest absolute Gasteiger partial charge is 0.381 e. The topological polar surface area (TPSA) is 58.6 Å². The van der Waals surface area contributed by atoms with Crippen LogP contribution in [0.2, 0.25) is 0 Å². The van der Waals surface area contributed by atoms with E-state index in [0.717, 1.165) is 38.7 Å². The quantitative estimate of drug-likeness (QED) is 0.854. The number of carbonyl (C=O) groups is 2. The third kappa shape index (κ3) is 2.56. The molecule has 1 N–H and O–H groups in total. The zero-order chi connectivity index (χ0) is 15.0. The standard InChI is InChI=1S/C16H26N2O3/c1-11(2)13-14(19)17-16(6-3-4-7-16)15(20)18(13)9-12-5-8-21-10-12/h11-13H,3-10H2,1-2H3,(H,17,19). The van der Waals surface area contributed by atoms with E-state index in [-0.39, 0.29) is 23.8 Å². The SMILES string of the molecule is CC(C)C1C(=O)NC2(CCCC2)C(=O)N1CC1CCOC1. The lowest BCUT2D eigenvalue weighted by molar-refractivity contribution is -0.157. The van der Waals surface area contributed by atoms with Crippen LogP contribution >= 0.6 is 0 Å². The highest BCUT2D eigenvalue weighted by molar-refractivity contribution is 6.00. The van der Waals surface area contributed by atoms with Crippen molar-refractivity contribution in [3.63, 3.8) is 0 Å². The molecule has 1 aliphatic carbocycles. The van der Waals surface area contributed by atoms with E-state index >= 15 is 0 Å². The van der Waals surface area contributed by atoms with Gasteiger partial charge in [0.2, 0.25) is 11.8 Å². The van der Waals surface area contributed by atoms with Gasteiger partial charge in [-0.05, 0) is 25.2 Å². The second kappa shape index (κ2) is 5.59. The van der Waals surface area contributed by atoms with Crippen molar-refractivity contribution in [1.29, 1.82) is 0 Å². The highest BCUT2D eigenvalue weighted by atomic mass is 16.5. The summed E-state index contributed by atoms with van der Waals surface area (Å²) in [6, 6.07) is -0.329. The van der Waals surface area contributed by atoms with Gasteiger partial charge in [-0.3, -0.25) is 9.59 Å². The molecule has 0 aromatic heterocycles. The van der Waals surface area contributed by atoms with Gasteiger partial charge in [-0.25, -0.2) is 0 Å². The molecule has 118 valence electrons. The van der Waals surface area contributed by atoms with Crippen molar-refractivity contribution in [1.82, 2.24) is 10.2 Å². The van der Waals surface area contributed by atoms with Crippen LogP contribution in [0.15, 0.2) is 0 Å². The predicted molar refractivity (Wildman–Crippen MR) is 78.6 cm³/mol. The third-order valence-corrected chi connectivity index (χ3v) is 5.20. The number of amides is 2. The summed E-state index contributed by atoms with van der Waals surface area (Å²) in [6.07, 6.45) is 4.63. The van der Waals surface area contributed by atoms with Crippen molar-refractivity contribution >= 4 is 11.8 Å². The molecule has 5 nitrogen and oxygen atoms in total. The average Bonchev–Trinajstić information content (AvgIpc) is 3.07. The first-order valence-electron chi connectivity index (χ1n) is 8.24. The highest BCUT2D eigenvalue weighted by Crippen LogP contribution is 2.36. The van der Waals surface area contributed by atoms with Crippen LogP contribution in [0.3, 0.4) is 0 Å². The normalized spacial score (nSPS) is 32.2. The highest BCUT2D eigenvalue weighted by Gasteiger charge is 2.52. The molecule has 1 spiro atoms. The summed E-state index contributed by atoms with van der Waals surface area (Å²) < 4.78 is 5.43. The molecule has 5 heteroatoms. The zero-order valence-corrected chi connectivity index (χ0v) is 13.1. The van der Waals surface area contributed by atoms with Crippen LogP contribution in [-0.2, 0) is 14.3 Å². The summed E-state index contributed by atoms with van der Waals surface area (Å²) in [5.41, 5.74) is -0.609. The molecule has 1 saturated carbocycles. The van der Waals surface area contributed by atoms with Crippen LogP contribution in [0.1, 0.15) is 46.0 Å². The predicted octanol–water partition coefficient (Wildman–Crippen LogP) is 1.32. The maximum atomic E-state index is 13.1. The molecule has 3 rings (SSSR count). The van der Waals surface area contributed by atoms with Gasteiger partial charge in [0.15, 0.2) is 0 Å². The smallest absolute Gasteiger partial charge is 0.249 e. The second-order valence-electron chi connectivity index (χ2n) is 7.15. The number of nitrogens with zero attached hydrogens (tertiary/aromatic N) is 1. The Labute approximate surface area is 126 Å². The second-order valence-corrected chi connectivity index (χ2v) is 7.15. The van der Waals surface area contributed by atoms with Crippen LogP contribution in [0, 0.1) is 11.8 Å². The van der Waals surface area contributed by atoms with E-state index in [1.165, 1.54) is 0 Å². The van der Waals surface area contributed by atoms with Crippen molar-refractivity contribution in [3.8, 4) is 0 Å². The molecule has 2 amide bonds. The molecule has 2 aliphatic heterocycles. The first-order chi connectivity index (χ1) is 10.0. The lowest BCUT2D eigenvalue weighted by Gasteiger charge is -2.46. The molecular weight excluding hydrogens is 268 g/mol. The van der Waals surface area contributed by atoms with E-state index in [2.05, 4.69) is 5.32 Å². The number of rotatable bonds is 3. The van der Waals surface area contributed by atoms with E-state index < -0.39 is 5.54 Å². The van der Waals surface area contributed by atoms with Crippen molar-refractivity contribution in [3.05, 3.63) is 0 Å². The van der Waals surface area contributed by atoms with Crippen molar-refractivity contribution in [2.45, 2.75) is 57.5 Å². The molecular formula is C16H26N2O3. The van der Waals surface area contributed by atoms with Gasteiger partial charge >= 0.3 is 0 Å². The van der Waals surface area contributed by atoms with E-state index in [1.54, 1.807) is 0 Å². The number of piperazine rings is 1. The number of ether oxygens (including phenoxy) is 1. The maximum absolute atomic E-state index is 13.1. The Morgan fingerprint density at radius 2 is 2.05 bits per heavy atom. The fourth-order valence-corrected chi connectivity index (χ4v) is 4.09. The van der Waals surface area contributed by atoms with E-state index in [9.17, 15) is 9.59 Å². The number of nitrogens with one attached hydrogen (secondary N) is 1. The molecule has 2 atom stereocenters. The summed E-state index contributed by atoms with van der Waals surface area (Å²) in [7, 11) is 0. The Bertz CT molecular complexity index is 423. The molecule has 2 saturated heterocycles. The fraction of sp³-hybridized carbons (Fsp3) is 0.875. The number of hydrogen-bond donors (Lipinski definition) is 1. The summed E-state index contributed by atoms with van der Waals surface area (Å²) in [5.74, 6) is 0.685. The average molecular weight is 294 g/mol. The minimum absolute atomic E-state index is 0.0328. The minimum atomic E-state index is -0.609. The molecule has 2 heterocycles. The Balaban J connectivity index is 1.85. The lowest BCUT2D eigenvalue weighted by atomic mass is 9.86. The first kappa shape index (κ1) is 14.8. The number of carbonyl (C=O) groups excluding carboxylic acids is 2. The van der Waals surface area contributed by atoms with Gasteiger partial charge in [0.1, 0.15) is 11.6 Å². The van der Waals surface area contributed by atoms with E-state index in [0.29, 0.717) is 19.1 Å². The molecule has 3 aliphatic rings. The van der Waals surface area contributed by atoms with Gasteiger partial charge in [-0.1, -0.05) is 26.7 Å². The lowest BCUT2D eigenvalue weighted by Crippen LogP contribution is -2.71. The monoisotopic (exact) mass is 294 g/mol. The summed E-state index contributed by atoms with van der Waals surface area (Å²) in [5, 5.41) is 3.07. The van der Waals surface area contributed by atoms with E-state index in [4.69, 9.17) is 4.74 Å². The summed E-state index contributed by atoms with van der Waals surface area (Å²) in [4.78, 5) is 27.5. The fourth-order valence-electron chi connectivity index (χ4n) is 4.09. The van der Waals surface area contributed by atoms with E-state index in [1.807, 2.05) is 18.7 Å². The summed E-state index contributed by atoms with van der Waals surface area (Å²) in [6.45, 7) is 6.18. The van der Waals surface area contributed by atoms with Gasteiger partial charge in [0.05, 0.1) is 6.61 Å². The van der Waals surface area contributed by atoms with Gasteiger partial charge in [-0.2, -0.15) is 0 Å². The number of hydrogen-bond acceptors (Lipinski definition) is 3. The minimum Gasteiger partial charge on any atom is -0.381 e. The van der Waals surface area contributed by atoms with Gasteiger partial charge in [0, 0.05) is 19.1 Å². The van der Waals surface area contributed by atoms with Gasteiger partial charge < -0.3 is 15.0 Å². The van der Waals surface area contributed by atoms with Crippen molar-refractivity contribution < 1.29 is 14.3 Å².